The topological polar surface area (TPSA) is 80.9 Å². The van der Waals surface area contributed by atoms with Crippen molar-refractivity contribution in [3.8, 4) is 0 Å². The second-order valence-electron chi connectivity index (χ2n) is 5.44. The summed E-state index contributed by atoms with van der Waals surface area (Å²) >= 11 is 0. The molecule has 0 unspecified atom stereocenters. The smallest absolute Gasteiger partial charge is 0.0681 e. The van der Waals surface area contributed by atoms with Crippen LogP contribution >= 0.6 is 0 Å². The van der Waals surface area contributed by atoms with Crippen LogP contribution in [0.15, 0.2) is 60.7 Å². The summed E-state index contributed by atoms with van der Waals surface area (Å²) < 4.78 is 0. The van der Waals surface area contributed by atoms with Crippen molar-refractivity contribution < 1.29 is 46.6 Å². The van der Waals surface area contributed by atoms with Gasteiger partial charge in [0.25, 0.3) is 0 Å². The average molecular weight is 456 g/mol. The molecule has 2 aromatic carbocycles. The van der Waals surface area contributed by atoms with Gasteiger partial charge in [-0.1, -0.05) is 87.4 Å². The van der Waals surface area contributed by atoms with Gasteiger partial charge in [0.15, 0.2) is 0 Å². The van der Waals surface area contributed by atoms with E-state index in [1.807, 2.05) is 60.7 Å². The summed E-state index contributed by atoms with van der Waals surface area (Å²) in [6, 6.07) is 19.0. The number of aliphatic hydroxyl groups excluding tert-OH is 4. The molecule has 0 aliphatic heterocycles. The van der Waals surface area contributed by atoms with Crippen LogP contribution in [0.4, 0.5) is 0 Å². The van der Waals surface area contributed by atoms with Gasteiger partial charge in [0.2, 0.25) is 0 Å². The minimum Gasteiger partial charge on any atom is -0.396 e. The Hall–Kier alpha value is -0.837. The van der Waals surface area contributed by atoms with E-state index in [4.69, 9.17) is 20.4 Å². The molecule has 0 spiro atoms. The molecule has 2 rings (SSSR count). The van der Waals surface area contributed by atoms with Crippen LogP contribution in [0.2, 0.25) is 0 Å². The van der Waals surface area contributed by atoms with Crippen LogP contribution in [0.1, 0.15) is 50.7 Å². The van der Waals surface area contributed by atoms with Crippen molar-refractivity contribution in [1.29, 1.82) is 0 Å². The van der Waals surface area contributed by atoms with Crippen LogP contribution in [-0.4, -0.2) is 33.6 Å². The Morgan fingerprint density at radius 1 is 0.556 bits per heavy atom. The Balaban J connectivity index is -0.000000289. The number of aliphatic hydroxyl groups is 4. The maximum atomic E-state index is 8.54. The Morgan fingerprint density at radius 2 is 0.852 bits per heavy atom. The molecule has 5 heteroatoms. The van der Waals surface area contributed by atoms with Crippen LogP contribution in [0.5, 0.6) is 0 Å². The van der Waals surface area contributed by atoms with Gasteiger partial charge in [0.1, 0.15) is 0 Å². The summed E-state index contributed by atoms with van der Waals surface area (Å²) in [5, 5.41) is 33.2. The third-order valence-electron chi connectivity index (χ3n) is 3.07. The van der Waals surface area contributed by atoms with E-state index in [0.29, 0.717) is 13.2 Å². The molecule has 0 fully saturated rings. The van der Waals surface area contributed by atoms with Crippen molar-refractivity contribution in [2.24, 2.45) is 0 Å². The van der Waals surface area contributed by atoms with E-state index in [1.165, 1.54) is 0 Å². The summed E-state index contributed by atoms with van der Waals surface area (Å²) in [6.07, 6.45) is 4.08. The number of hydrogen-bond donors (Lipinski definition) is 4. The molecule has 4 nitrogen and oxygen atoms in total. The zero-order valence-corrected chi connectivity index (χ0v) is 19.2. The van der Waals surface area contributed by atoms with Crippen molar-refractivity contribution in [3.05, 3.63) is 71.8 Å². The van der Waals surface area contributed by atoms with Crippen LogP contribution < -0.4 is 0 Å². The monoisotopic (exact) mass is 454 g/mol. The molecule has 0 atom stereocenters. The number of unbranched alkanes of at least 4 members (excludes halogenated alkanes) is 2. The first-order valence-electron chi connectivity index (χ1n) is 9.21. The minimum absolute atomic E-state index is 0. The Labute approximate surface area is 184 Å². The van der Waals surface area contributed by atoms with Crippen LogP contribution in [0.25, 0.3) is 0 Å². The zero-order valence-electron chi connectivity index (χ0n) is 16.7. The first-order chi connectivity index (χ1) is 12.7. The molecule has 2 aromatic rings. The number of benzene rings is 2. The second kappa shape index (κ2) is 27.4. The van der Waals surface area contributed by atoms with Crippen molar-refractivity contribution in [2.45, 2.75) is 52.7 Å². The largest absolute Gasteiger partial charge is 0.396 e. The van der Waals surface area contributed by atoms with Gasteiger partial charge in [0.05, 0.1) is 13.2 Å². The molecular formula is C22H36O4Zr. The van der Waals surface area contributed by atoms with Crippen molar-refractivity contribution in [3.63, 3.8) is 0 Å². The Morgan fingerprint density at radius 3 is 0.963 bits per heavy atom. The zero-order chi connectivity index (χ0) is 19.9. The van der Waals surface area contributed by atoms with Crippen molar-refractivity contribution in [2.75, 3.05) is 13.2 Å². The summed E-state index contributed by atoms with van der Waals surface area (Å²) in [6.45, 7) is 5.07. The maximum Gasteiger partial charge on any atom is 0.0681 e. The van der Waals surface area contributed by atoms with Crippen molar-refractivity contribution >= 4 is 0 Å². The van der Waals surface area contributed by atoms with Gasteiger partial charge < -0.3 is 20.4 Å². The fourth-order valence-electron chi connectivity index (χ4n) is 1.48. The van der Waals surface area contributed by atoms with E-state index < -0.39 is 0 Å². The molecule has 0 saturated carbocycles. The van der Waals surface area contributed by atoms with Crippen LogP contribution in [0.3, 0.4) is 0 Å². The molecule has 0 bridgehead atoms. The fourth-order valence-corrected chi connectivity index (χ4v) is 1.48. The molecule has 0 heterocycles. The molecule has 0 aromatic heterocycles. The van der Waals surface area contributed by atoms with E-state index in [1.54, 1.807) is 0 Å². The Bertz CT molecular complexity index is 417. The van der Waals surface area contributed by atoms with E-state index >= 15 is 0 Å². The maximum absolute atomic E-state index is 8.54. The molecule has 0 aliphatic rings. The molecule has 0 aliphatic carbocycles. The van der Waals surface area contributed by atoms with Gasteiger partial charge in [0, 0.05) is 39.4 Å². The van der Waals surface area contributed by atoms with Gasteiger partial charge >= 0.3 is 0 Å². The minimum atomic E-state index is 0. The molecule has 4 N–H and O–H groups in total. The van der Waals surface area contributed by atoms with Gasteiger partial charge in [-0.2, -0.15) is 0 Å². The predicted molar refractivity (Wildman–Crippen MR) is 109 cm³/mol. The summed E-state index contributed by atoms with van der Waals surface area (Å²) in [5.74, 6) is 0. The van der Waals surface area contributed by atoms with Gasteiger partial charge in [-0.25, -0.2) is 0 Å². The van der Waals surface area contributed by atoms with Crippen LogP contribution in [0, 0.1) is 0 Å². The first-order valence-corrected chi connectivity index (χ1v) is 9.21. The molecule has 152 valence electrons. The van der Waals surface area contributed by atoms with E-state index in [2.05, 4.69) is 13.8 Å². The third-order valence-corrected chi connectivity index (χ3v) is 3.07. The SMILES string of the molecule is CCCCO.CCCCO.OCc1ccccc1.OCc1ccccc1.[Zr]. The summed E-state index contributed by atoms with van der Waals surface area (Å²) in [4.78, 5) is 0. The fraction of sp³-hybridized carbons (Fsp3) is 0.455. The third kappa shape index (κ3) is 25.2. The first kappa shape index (κ1) is 30.9. The molecule has 0 radical (unpaired) electrons. The van der Waals surface area contributed by atoms with E-state index in [0.717, 1.165) is 36.8 Å². The number of hydrogen-bond acceptors (Lipinski definition) is 4. The molecular weight excluding hydrogens is 419 g/mol. The average Bonchev–Trinajstić information content (AvgIpc) is 2.72. The predicted octanol–water partition coefficient (Wildman–Crippen LogP) is 3.91. The molecule has 0 saturated heterocycles. The van der Waals surface area contributed by atoms with E-state index in [-0.39, 0.29) is 39.4 Å². The summed E-state index contributed by atoms with van der Waals surface area (Å²) in [5.41, 5.74) is 1.93. The molecule has 0 amide bonds. The normalized spacial score (nSPS) is 8.52. The molecule has 27 heavy (non-hydrogen) atoms. The van der Waals surface area contributed by atoms with Gasteiger partial charge in [-0.3, -0.25) is 0 Å². The van der Waals surface area contributed by atoms with Crippen molar-refractivity contribution in [1.82, 2.24) is 0 Å². The standard InChI is InChI=1S/2C7H8O.2C4H10O.Zr/c2*8-6-7-4-2-1-3-5-7;2*1-2-3-4-5;/h2*1-5,8H,6H2;2*5H,2-4H2,1H3;. The quantitative estimate of drug-likeness (QED) is 0.532. The number of rotatable bonds is 6. The summed E-state index contributed by atoms with van der Waals surface area (Å²) in [7, 11) is 0. The second-order valence-corrected chi connectivity index (χ2v) is 5.44. The van der Waals surface area contributed by atoms with E-state index in [9.17, 15) is 0 Å². The van der Waals surface area contributed by atoms with Crippen LogP contribution in [-0.2, 0) is 39.4 Å². The van der Waals surface area contributed by atoms with Gasteiger partial charge in [-0.05, 0) is 24.0 Å². The van der Waals surface area contributed by atoms with Gasteiger partial charge in [-0.15, -0.1) is 0 Å². The Kier molecular flexibility index (Phi) is 31.3.